The number of methoxy groups -OCH3 is 3. The number of aryl methyl sites for hydroxylation is 1. The molecule has 1 atom stereocenters. The number of hydrogen-bond acceptors (Lipinski definition) is 11. The number of rotatable bonds is 12. The van der Waals surface area contributed by atoms with Gasteiger partial charge in [0.1, 0.15) is 23.1 Å². The summed E-state index contributed by atoms with van der Waals surface area (Å²) >= 11 is 0. The van der Waals surface area contributed by atoms with Crippen LogP contribution in [0.15, 0.2) is 73.1 Å². The summed E-state index contributed by atoms with van der Waals surface area (Å²) in [6.45, 7) is 4.70. The van der Waals surface area contributed by atoms with Crippen LogP contribution in [0.4, 0.5) is 21.8 Å². The molecule has 232 valence electrons. The Hall–Kier alpha value is -5.36. The maximum atomic E-state index is 14.5. The van der Waals surface area contributed by atoms with E-state index in [0.717, 1.165) is 28.2 Å². The molecule has 2 aromatic carbocycles. The van der Waals surface area contributed by atoms with E-state index in [1.165, 1.54) is 19.4 Å². The lowest BCUT2D eigenvalue weighted by molar-refractivity contribution is 0.369. The standard InChI is InChI=1S/C33H35FN8O3/c1-20(35)24-14-28(30(36-16-24)40-25-15-29(34)32(45-5)37-17-25)31-38-21(2)39-33(41-31)42(18-22-6-10-26(43-3)11-7-22)19-23-8-12-27(44-4)13-9-23/h6-17,20H,18-19,35H2,1-5H3,(H,36,40). The topological polar surface area (TPSA) is 133 Å². The van der Waals surface area contributed by atoms with Crippen LogP contribution >= 0.6 is 0 Å². The molecule has 45 heavy (non-hydrogen) atoms. The fourth-order valence-corrected chi connectivity index (χ4v) is 4.61. The normalized spacial score (nSPS) is 11.5. The molecule has 11 nitrogen and oxygen atoms in total. The molecule has 0 spiro atoms. The van der Waals surface area contributed by atoms with Gasteiger partial charge in [0.15, 0.2) is 11.6 Å². The first-order valence-corrected chi connectivity index (χ1v) is 14.2. The fourth-order valence-electron chi connectivity index (χ4n) is 4.61. The minimum absolute atomic E-state index is 0.104. The lowest BCUT2D eigenvalue weighted by Crippen LogP contribution is -2.25. The van der Waals surface area contributed by atoms with Gasteiger partial charge in [-0.3, -0.25) is 0 Å². The van der Waals surface area contributed by atoms with Crippen molar-refractivity contribution in [2.45, 2.75) is 33.0 Å². The van der Waals surface area contributed by atoms with Crippen LogP contribution in [0, 0.1) is 12.7 Å². The summed E-state index contributed by atoms with van der Waals surface area (Å²) in [7, 11) is 4.64. The molecule has 0 aliphatic carbocycles. The van der Waals surface area contributed by atoms with Gasteiger partial charge in [0.2, 0.25) is 11.8 Å². The Labute approximate surface area is 261 Å². The van der Waals surface area contributed by atoms with Gasteiger partial charge >= 0.3 is 0 Å². The highest BCUT2D eigenvalue weighted by atomic mass is 19.1. The van der Waals surface area contributed by atoms with Gasteiger partial charge < -0.3 is 30.2 Å². The zero-order valence-corrected chi connectivity index (χ0v) is 25.8. The van der Waals surface area contributed by atoms with E-state index >= 15 is 0 Å². The maximum Gasteiger partial charge on any atom is 0.250 e. The van der Waals surface area contributed by atoms with Gasteiger partial charge in [-0.25, -0.2) is 19.3 Å². The largest absolute Gasteiger partial charge is 0.497 e. The summed E-state index contributed by atoms with van der Waals surface area (Å²) in [6, 6.07) is 18.6. The van der Waals surface area contributed by atoms with Crippen LogP contribution < -0.4 is 30.2 Å². The second-order valence-electron chi connectivity index (χ2n) is 10.4. The molecule has 1 unspecified atom stereocenters. The van der Waals surface area contributed by atoms with E-state index in [0.29, 0.717) is 47.8 Å². The van der Waals surface area contributed by atoms with Crippen molar-refractivity contribution >= 4 is 17.5 Å². The second-order valence-corrected chi connectivity index (χ2v) is 10.4. The fraction of sp³-hybridized carbons (Fsp3) is 0.242. The molecule has 0 amide bonds. The molecule has 0 radical (unpaired) electrons. The predicted molar refractivity (Wildman–Crippen MR) is 170 cm³/mol. The van der Waals surface area contributed by atoms with Crippen molar-refractivity contribution < 1.29 is 18.6 Å². The van der Waals surface area contributed by atoms with Crippen LogP contribution in [0.3, 0.4) is 0 Å². The lowest BCUT2D eigenvalue weighted by Gasteiger charge is -2.24. The highest BCUT2D eigenvalue weighted by Crippen LogP contribution is 2.31. The molecule has 5 rings (SSSR count). The second kappa shape index (κ2) is 14.0. The zero-order valence-electron chi connectivity index (χ0n) is 25.8. The summed E-state index contributed by atoms with van der Waals surface area (Å²) in [5.41, 5.74) is 10.0. The molecule has 0 aliphatic rings. The number of ether oxygens (including phenoxy) is 3. The zero-order chi connectivity index (χ0) is 31.9. The van der Waals surface area contributed by atoms with Gasteiger partial charge in [-0.2, -0.15) is 9.97 Å². The number of benzene rings is 2. The van der Waals surface area contributed by atoms with Gasteiger partial charge in [-0.05, 0) is 60.9 Å². The summed E-state index contributed by atoms with van der Waals surface area (Å²) in [5, 5.41) is 3.15. The predicted octanol–water partition coefficient (Wildman–Crippen LogP) is 5.77. The van der Waals surface area contributed by atoms with Crippen molar-refractivity contribution in [3.63, 3.8) is 0 Å². The van der Waals surface area contributed by atoms with E-state index in [1.54, 1.807) is 20.4 Å². The third-order valence-corrected chi connectivity index (χ3v) is 7.02. The van der Waals surface area contributed by atoms with Crippen molar-refractivity contribution in [2.75, 3.05) is 31.5 Å². The van der Waals surface area contributed by atoms with E-state index in [2.05, 4.69) is 25.2 Å². The molecule has 0 saturated heterocycles. The van der Waals surface area contributed by atoms with Crippen LogP contribution in [0.5, 0.6) is 17.4 Å². The number of nitrogens with two attached hydrogens (primary N) is 1. The summed E-state index contributed by atoms with van der Waals surface area (Å²) in [4.78, 5) is 25.1. The first kappa shape index (κ1) is 31.1. The minimum Gasteiger partial charge on any atom is -0.497 e. The van der Waals surface area contributed by atoms with E-state index in [1.807, 2.05) is 68.4 Å². The first-order valence-electron chi connectivity index (χ1n) is 14.2. The molecule has 0 fully saturated rings. The molecule has 0 aliphatic heterocycles. The Morgan fingerprint density at radius 3 is 1.98 bits per heavy atom. The number of hydrogen-bond donors (Lipinski definition) is 2. The number of nitrogens with zero attached hydrogens (tertiary/aromatic N) is 6. The first-order chi connectivity index (χ1) is 21.8. The molecule has 3 N–H and O–H groups in total. The smallest absolute Gasteiger partial charge is 0.250 e. The van der Waals surface area contributed by atoms with Crippen LogP contribution in [-0.2, 0) is 13.1 Å². The number of nitrogens with one attached hydrogen (secondary N) is 1. The molecule has 3 aromatic heterocycles. The highest BCUT2D eigenvalue weighted by molar-refractivity contribution is 5.75. The van der Waals surface area contributed by atoms with Gasteiger partial charge in [0.25, 0.3) is 0 Å². The monoisotopic (exact) mass is 610 g/mol. The molecule has 12 heteroatoms. The van der Waals surface area contributed by atoms with Crippen molar-refractivity contribution in [3.8, 4) is 28.8 Å². The number of pyridine rings is 2. The van der Waals surface area contributed by atoms with Gasteiger partial charge in [-0.15, -0.1) is 0 Å². The van der Waals surface area contributed by atoms with Crippen molar-refractivity contribution in [1.29, 1.82) is 0 Å². The molecule has 0 saturated carbocycles. The van der Waals surface area contributed by atoms with Gasteiger partial charge in [0, 0.05) is 31.4 Å². The molecular weight excluding hydrogens is 575 g/mol. The minimum atomic E-state index is -0.609. The van der Waals surface area contributed by atoms with Gasteiger partial charge in [-0.1, -0.05) is 24.3 Å². The van der Waals surface area contributed by atoms with Crippen LogP contribution in [0.2, 0.25) is 0 Å². The Morgan fingerprint density at radius 2 is 1.44 bits per heavy atom. The molecule has 5 aromatic rings. The van der Waals surface area contributed by atoms with Crippen molar-refractivity contribution in [3.05, 3.63) is 101 Å². The third-order valence-electron chi connectivity index (χ3n) is 7.02. The highest BCUT2D eigenvalue weighted by Gasteiger charge is 2.19. The van der Waals surface area contributed by atoms with Crippen LogP contribution in [0.25, 0.3) is 11.4 Å². The Morgan fingerprint density at radius 1 is 0.822 bits per heavy atom. The number of aromatic nitrogens is 5. The molecule has 3 heterocycles. The summed E-state index contributed by atoms with van der Waals surface area (Å²) < 4.78 is 30.1. The molecule has 0 bridgehead atoms. The average Bonchev–Trinajstić information content (AvgIpc) is 3.05. The quantitative estimate of drug-likeness (QED) is 0.178. The van der Waals surface area contributed by atoms with Crippen LogP contribution in [-0.4, -0.2) is 46.2 Å². The SMILES string of the molecule is COc1ccc(CN(Cc2ccc(OC)cc2)c2nc(C)nc(-c3cc(C(C)N)cnc3Nc3cnc(OC)c(F)c3)n2)cc1. The van der Waals surface area contributed by atoms with E-state index in [4.69, 9.17) is 29.9 Å². The Kier molecular flexibility index (Phi) is 9.64. The van der Waals surface area contributed by atoms with E-state index in [-0.39, 0.29) is 11.9 Å². The van der Waals surface area contributed by atoms with Crippen molar-refractivity contribution in [2.24, 2.45) is 5.73 Å². The van der Waals surface area contributed by atoms with Crippen LogP contribution in [0.1, 0.15) is 35.5 Å². The van der Waals surface area contributed by atoms with Crippen molar-refractivity contribution in [1.82, 2.24) is 24.9 Å². The molecular formula is C33H35FN8O3. The number of halogens is 1. The van der Waals surface area contributed by atoms with E-state index in [9.17, 15) is 4.39 Å². The maximum absolute atomic E-state index is 14.5. The summed E-state index contributed by atoms with van der Waals surface area (Å²) in [6.07, 6.45) is 3.13. The average molecular weight is 611 g/mol. The third kappa shape index (κ3) is 7.60. The number of anilines is 3. The Balaban J connectivity index is 1.57. The lowest BCUT2D eigenvalue weighted by atomic mass is 10.1. The Bertz CT molecular complexity index is 1700. The van der Waals surface area contributed by atoms with E-state index < -0.39 is 5.82 Å². The van der Waals surface area contributed by atoms with Gasteiger partial charge in [0.05, 0.1) is 38.8 Å². The summed E-state index contributed by atoms with van der Waals surface area (Å²) in [5.74, 6) is 2.59.